The Bertz CT molecular complexity index is 284. The van der Waals surface area contributed by atoms with Crippen molar-refractivity contribution in [3.05, 3.63) is 35.9 Å². The monoisotopic (exact) mass is 204 g/mol. The third-order valence-electron chi connectivity index (χ3n) is 3.01. The van der Waals surface area contributed by atoms with Crippen LogP contribution in [-0.4, -0.2) is 19.1 Å². The van der Waals surface area contributed by atoms with Crippen LogP contribution >= 0.6 is 0 Å². The van der Waals surface area contributed by atoms with Crippen molar-refractivity contribution >= 4 is 0 Å². The summed E-state index contributed by atoms with van der Waals surface area (Å²) in [7, 11) is 0. The first-order valence-corrected chi connectivity index (χ1v) is 5.82. The minimum atomic E-state index is 0.633. The molecule has 2 atom stereocenters. The zero-order valence-corrected chi connectivity index (χ0v) is 9.37. The second kappa shape index (κ2) is 5.29. The Kier molecular flexibility index (Phi) is 3.75. The number of piperidine rings is 1. The first-order chi connectivity index (χ1) is 7.34. The van der Waals surface area contributed by atoms with Gasteiger partial charge in [-0.3, -0.25) is 0 Å². The molecule has 2 nitrogen and oxygen atoms in total. The summed E-state index contributed by atoms with van der Waals surface area (Å²) in [5.41, 5.74) is 1.37. The number of hydrogen-bond acceptors (Lipinski definition) is 2. The summed E-state index contributed by atoms with van der Waals surface area (Å²) in [6, 6.07) is 11.2. The third kappa shape index (κ3) is 3.33. The molecule has 0 amide bonds. The fraction of sp³-hybridized carbons (Fsp3) is 0.538. The van der Waals surface area contributed by atoms with Crippen LogP contribution in [0.5, 0.6) is 0 Å². The molecule has 1 aliphatic rings. The molecule has 2 rings (SSSR count). The molecule has 2 heteroatoms. The van der Waals surface area contributed by atoms with Crippen molar-refractivity contribution in [1.29, 1.82) is 0 Å². The number of benzene rings is 1. The van der Waals surface area contributed by atoms with Gasteiger partial charge in [0.1, 0.15) is 0 Å². The summed E-state index contributed by atoms with van der Waals surface area (Å²) >= 11 is 0. The minimum absolute atomic E-state index is 0.633. The van der Waals surface area contributed by atoms with E-state index in [2.05, 4.69) is 47.9 Å². The predicted molar refractivity (Wildman–Crippen MR) is 63.7 cm³/mol. The average Bonchev–Trinajstić information content (AvgIpc) is 2.28. The molecule has 2 unspecified atom stereocenters. The predicted octanol–water partition coefficient (Wildman–Crippen LogP) is 1.77. The third-order valence-corrected chi connectivity index (χ3v) is 3.01. The van der Waals surface area contributed by atoms with Gasteiger partial charge in [0, 0.05) is 19.1 Å². The summed E-state index contributed by atoms with van der Waals surface area (Å²) in [4.78, 5) is 0. The highest BCUT2D eigenvalue weighted by molar-refractivity contribution is 5.14. The second-order valence-corrected chi connectivity index (χ2v) is 4.56. The lowest BCUT2D eigenvalue weighted by molar-refractivity contribution is 0.319. The maximum atomic E-state index is 3.61. The van der Waals surface area contributed by atoms with E-state index in [0.717, 1.165) is 19.0 Å². The van der Waals surface area contributed by atoms with E-state index in [1.807, 2.05) is 0 Å². The molecule has 1 saturated heterocycles. The highest BCUT2D eigenvalue weighted by Gasteiger charge is 2.17. The molecule has 1 fully saturated rings. The topological polar surface area (TPSA) is 24.1 Å². The highest BCUT2D eigenvalue weighted by Crippen LogP contribution is 2.10. The van der Waals surface area contributed by atoms with Crippen molar-refractivity contribution in [2.24, 2.45) is 5.92 Å². The van der Waals surface area contributed by atoms with E-state index in [0.29, 0.717) is 6.04 Å². The molecule has 15 heavy (non-hydrogen) atoms. The van der Waals surface area contributed by atoms with Gasteiger partial charge in [-0.15, -0.1) is 0 Å². The SMILES string of the molecule is CC1CNCC(NCc2ccccc2)C1. The summed E-state index contributed by atoms with van der Waals surface area (Å²) in [6.07, 6.45) is 1.29. The van der Waals surface area contributed by atoms with E-state index < -0.39 is 0 Å². The van der Waals surface area contributed by atoms with Crippen molar-refractivity contribution in [1.82, 2.24) is 10.6 Å². The Labute approximate surface area is 92.1 Å². The first-order valence-electron chi connectivity index (χ1n) is 5.82. The summed E-state index contributed by atoms with van der Waals surface area (Å²) < 4.78 is 0. The Morgan fingerprint density at radius 2 is 2.07 bits per heavy atom. The molecule has 1 aromatic carbocycles. The number of nitrogens with one attached hydrogen (secondary N) is 2. The maximum absolute atomic E-state index is 3.61. The van der Waals surface area contributed by atoms with Crippen LogP contribution in [0.2, 0.25) is 0 Å². The van der Waals surface area contributed by atoms with Crippen molar-refractivity contribution < 1.29 is 0 Å². The summed E-state index contributed by atoms with van der Waals surface area (Å²) in [5, 5.41) is 7.06. The van der Waals surface area contributed by atoms with Crippen molar-refractivity contribution in [2.45, 2.75) is 25.9 Å². The van der Waals surface area contributed by atoms with Crippen LogP contribution in [-0.2, 0) is 6.54 Å². The maximum Gasteiger partial charge on any atom is 0.0208 e. The smallest absolute Gasteiger partial charge is 0.0208 e. The van der Waals surface area contributed by atoms with Gasteiger partial charge in [0.05, 0.1) is 0 Å². The van der Waals surface area contributed by atoms with E-state index in [-0.39, 0.29) is 0 Å². The minimum Gasteiger partial charge on any atom is -0.315 e. The van der Waals surface area contributed by atoms with Gasteiger partial charge < -0.3 is 10.6 Å². The van der Waals surface area contributed by atoms with E-state index in [4.69, 9.17) is 0 Å². The van der Waals surface area contributed by atoms with Gasteiger partial charge in [-0.05, 0) is 24.4 Å². The zero-order chi connectivity index (χ0) is 10.5. The summed E-state index contributed by atoms with van der Waals surface area (Å²) in [5.74, 6) is 0.798. The van der Waals surface area contributed by atoms with Gasteiger partial charge in [0.2, 0.25) is 0 Å². The molecule has 1 aromatic rings. The zero-order valence-electron chi connectivity index (χ0n) is 9.37. The fourth-order valence-electron chi connectivity index (χ4n) is 2.17. The van der Waals surface area contributed by atoms with E-state index in [1.54, 1.807) is 0 Å². The quantitative estimate of drug-likeness (QED) is 0.784. The first kappa shape index (κ1) is 10.7. The molecular formula is C13H20N2. The van der Waals surface area contributed by atoms with Crippen molar-refractivity contribution in [2.75, 3.05) is 13.1 Å². The lowest BCUT2D eigenvalue weighted by Gasteiger charge is -2.28. The van der Waals surface area contributed by atoms with Gasteiger partial charge in [-0.25, -0.2) is 0 Å². The standard InChI is InChI=1S/C13H20N2/c1-11-7-13(10-14-8-11)15-9-12-5-3-2-4-6-12/h2-6,11,13-15H,7-10H2,1H3. The Hall–Kier alpha value is -0.860. The fourth-order valence-corrected chi connectivity index (χ4v) is 2.17. The molecule has 0 bridgehead atoms. The van der Waals surface area contributed by atoms with Crippen LogP contribution in [0.3, 0.4) is 0 Å². The molecule has 82 valence electrons. The number of hydrogen-bond donors (Lipinski definition) is 2. The van der Waals surface area contributed by atoms with E-state index in [9.17, 15) is 0 Å². The molecule has 1 aliphatic heterocycles. The van der Waals surface area contributed by atoms with E-state index in [1.165, 1.54) is 18.5 Å². The van der Waals surface area contributed by atoms with Crippen LogP contribution in [0.1, 0.15) is 18.9 Å². The second-order valence-electron chi connectivity index (χ2n) is 4.56. The highest BCUT2D eigenvalue weighted by atomic mass is 15.0. The Morgan fingerprint density at radius 3 is 2.80 bits per heavy atom. The number of rotatable bonds is 3. The average molecular weight is 204 g/mol. The van der Waals surface area contributed by atoms with E-state index >= 15 is 0 Å². The van der Waals surface area contributed by atoms with Gasteiger partial charge in [0.25, 0.3) is 0 Å². The van der Waals surface area contributed by atoms with Crippen LogP contribution in [0.25, 0.3) is 0 Å². The van der Waals surface area contributed by atoms with Crippen LogP contribution < -0.4 is 10.6 Å². The van der Waals surface area contributed by atoms with Gasteiger partial charge >= 0.3 is 0 Å². The largest absolute Gasteiger partial charge is 0.315 e. The van der Waals surface area contributed by atoms with Crippen LogP contribution in [0.4, 0.5) is 0 Å². The van der Waals surface area contributed by atoms with Gasteiger partial charge in [0.15, 0.2) is 0 Å². The molecule has 2 N–H and O–H groups in total. The van der Waals surface area contributed by atoms with Gasteiger partial charge in [-0.1, -0.05) is 37.3 Å². The van der Waals surface area contributed by atoms with Crippen molar-refractivity contribution in [3.63, 3.8) is 0 Å². The van der Waals surface area contributed by atoms with Crippen LogP contribution in [0.15, 0.2) is 30.3 Å². The lowest BCUT2D eigenvalue weighted by Crippen LogP contribution is -2.45. The van der Waals surface area contributed by atoms with Crippen LogP contribution in [0, 0.1) is 5.92 Å². The normalized spacial score (nSPS) is 26.5. The molecular weight excluding hydrogens is 184 g/mol. The van der Waals surface area contributed by atoms with Gasteiger partial charge in [-0.2, -0.15) is 0 Å². The van der Waals surface area contributed by atoms with Crippen molar-refractivity contribution in [3.8, 4) is 0 Å². The molecule has 1 heterocycles. The summed E-state index contributed by atoms with van der Waals surface area (Å²) in [6.45, 7) is 5.57. The molecule has 0 aromatic heterocycles. The Morgan fingerprint density at radius 1 is 1.27 bits per heavy atom. The molecule has 0 aliphatic carbocycles. The lowest BCUT2D eigenvalue weighted by atomic mass is 9.97. The molecule has 0 spiro atoms. The molecule has 0 saturated carbocycles. The Balaban J connectivity index is 1.78. The molecule has 0 radical (unpaired) electrons.